The van der Waals surface area contributed by atoms with Crippen molar-refractivity contribution < 1.29 is 21.6 Å². The molecule has 0 aliphatic carbocycles. The van der Waals surface area contributed by atoms with Crippen LogP contribution in [0.5, 0.6) is 0 Å². The molecule has 1 aromatic heterocycles. The number of rotatable bonds is 3. The zero-order chi connectivity index (χ0) is 14.1. The third-order valence-corrected chi connectivity index (χ3v) is 4.32. The van der Waals surface area contributed by atoms with Gasteiger partial charge in [-0.1, -0.05) is 0 Å². The normalized spacial score (nSPS) is 12.4. The largest absolute Gasteiger partial charge is 0.416 e. The van der Waals surface area contributed by atoms with E-state index in [4.69, 9.17) is 0 Å². The van der Waals surface area contributed by atoms with E-state index in [0.29, 0.717) is 0 Å². The molecular weight excluding hydrogens is 301 g/mol. The molecule has 0 fully saturated rings. The molecule has 0 saturated carbocycles. The number of anilines is 1. The molecule has 0 atom stereocenters. The third kappa shape index (κ3) is 3.24. The van der Waals surface area contributed by atoms with Gasteiger partial charge in [-0.05, 0) is 24.3 Å². The Morgan fingerprint density at radius 3 is 2.26 bits per heavy atom. The first-order valence-electron chi connectivity index (χ1n) is 4.88. The smallest absolute Gasteiger partial charge is 0.255 e. The monoisotopic (exact) mass is 308 g/mol. The van der Waals surface area contributed by atoms with E-state index in [2.05, 4.69) is 9.71 Å². The van der Waals surface area contributed by atoms with E-state index in [1.54, 1.807) is 5.38 Å². The van der Waals surface area contributed by atoms with E-state index < -0.39 is 21.8 Å². The molecule has 102 valence electrons. The minimum absolute atomic E-state index is 0.153. The van der Waals surface area contributed by atoms with Crippen molar-refractivity contribution in [2.75, 3.05) is 4.72 Å². The Morgan fingerprint density at radius 1 is 1.16 bits per heavy atom. The van der Waals surface area contributed by atoms with Gasteiger partial charge >= 0.3 is 6.18 Å². The van der Waals surface area contributed by atoms with Crippen LogP contribution < -0.4 is 4.72 Å². The van der Waals surface area contributed by atoms with Gasteiger partial charge in [0.2, 0.25) is 0 Å². The van der Waals surface area contributed by atoms with Crippen molar-refractivity contribution in [3.8, 4) is 0 Å². The number of hydrogen-bond acceptors (Lipinski definition) is 4. The number of nitrogens with one attached hydrogen (secondary N) is 1. The van der Waals surface area contributed by atoms with Gasteiger partial charge in [-0.25, -0.2) is 13.4 Å². The van der Waals surface area contributed by atoms with Crippen LogP contribution in [0.2, 0.25) is 0 Å². The minimum atomic E-state index is -4.50. The lowest BCUT2D eigenvalue weighted by atomic mass is 10.2. The van der Waals surface area contributed by atoms with Crippen LogP contribution in [0.15, 0.2) is 40.7 Å². The summed E-state index contributed by atoms with van der Waals surface area (Å²) < 4.78 is 62.9. The van der Waals surface area contributed by atoms with Crippen LogP contribution >= 0.6 is 11.3 Å². The van der Waals surface area contributed by atoms with Gasteiger partial charge < -0.3 is 0 Å². The molecule has 0 unspecified atom stereocenters. The molecule has 0 bridgehead atoms. The zero-order valence-corrected chi connectivity index (χ0v) is 10.8. The fraction of sp³-hybridized carbons (Fsp3) is 0.100. The van der Waals surface area contributed by atoms with Crippen molar-refractivity contribution in [2.45, 2.75) is 11.1 Å². The summed E-state index contributed by atoms with van der Waals surface area (Å²) in [6, 6.07) is 3.24. The van der Waals surface area contributed by atoms with Crippen LogP contribution in [-0.4, -0.2) is 13.4 Å². The quantitative estimate of drug-likeness (QED) is 0.948. The highest BCUT2D eigenvalue weighted by atomic mass is 32.2. The van der Waals surface area contributed by atoms with Gasteiger partial charge in [-0.3, -0.25) is 4.72 Å². The van der Waals surface area contributed by atoms with Crippen LogP contribution in [0.25, 0.3) is 0 Å². The second-order valence-corrected chi connectivity index (χ2v) is 6.04. The average Bonchev–Trinajstić information content (AvgIpc) is 2.80. The van der Waals surface area contributed by atoms with Gasteiger partial charge in [-0.2, -0.15) is 13.2 Å². The molecule has 19 heavy (non-hydrogen) atoms. The second-order valence-electron chi connectivity index (χ2n) is 3.46. The summed E-state index contributed by atoms with van der Waals surface area (Å²) in [7, 11) is -3.91. The predicted octanol–water partition coefficient (Wildman–Crippen LogP) is 2.96. The predicted molar refractivity (Wildman–Crippen MR) is 64.4 cm³/mol. The Bertz CT molecular complexity index is 649. The maximum Gasteiger partial charge on any atom is 0.416 e. The number of hydrogen-bond donors (Lipinski definition) is 1. The van der Waals surface area contributed by atoms with Crippen molar-refractivity contribution in [3.63, 3.8) is 0 Å². The van der Waals surface area contributed by atoms with Crippen LogP contribution in [0.4, 0.5) is 18.3 Å². The summed E-state index contributed by atoms with van der Waals surface area (Å²) >= 11 is 1.07. The van der Waals surface area contributed by atoms with Crippen molar-refractivity contribution in [2.24, 2.45) is 0 Å². The Morgan fingerprint density at radius 2 is 1.79 bits per heavy atom. The number of thiazole rings is 1. The maximum absolute atomic E-state index is 12.3. The van der Waals surface area contributed by atoms with Crippen molar-refractivity contribution in [3.05, 3.63) is 41.4 Å². The minimum Gasteiger partial charge on any atom is -0.255 e. The van der Waals surface area contributed by atoms with E-state index in [1.807, 2.05) is 0 Å². The molecule has 0 saturated heterocycles. The summed E-state index contributed by atoms with van der Waals surface area (Å²) in [6.45, 7) is 0. The average molecular weight is 308 g/mol. The zero-order valence-electron chi connectivity index (χ0n) is 9.18. The summed E-state index contributed by atoms with van der Waals surface area (Å²) in [4.78, 5) is 3.48. The Hall–Kier alpha value is -1.61. The third-order valence-electron chi connectivity index (χ3n) is 2.15. The number of aromatic nitrogens is 1. The van der Waals surface area contributed by atoms with Gasteiger partial charge in [0.25, 0.3) is 10.0 Å². The molecule has 0 amide bonds. The number of halogens is 3. The van der Waals surface area contributed by atoms with E-state index in [0.717, 1.165) is 35.6 Å². The molecule has 1 aromatic carbocycles. The highest BCUT2D eigenvalue weighted by Crippen LogP contribution is 2.30. The fourth-order valence-electron chi connectivity index (χ4n) is 1.27. The Kier molecular flexibility index (Phi) is 3.50. The Labute approximate surface area is 111 Å². The van der Waals surface area contributed by atoms with Crippen molar-refractivity contribution >= 4 is 26.5 Å². The molecule has 2 aromatic rings. The Balaban J connectivity index is 2.27. The lowest BCUT2D eigenvalue weighted by Gasteiger charge is -2.08. The number of sulfonamides is 1. The van der Waals surface area contributed by atoms with E-state index in [9.17, 15) is 21.6 Å². The van der Waals surface area contributed by atoms with Crippen LogP contribution in [-0.2, 0) is 16.2 Å². The summed E-state index contributed by atoms with van der Waals surface area (Å²) in [5.41, 5.74) is -0.902. The van der Waals surface area contributed by atoms with Gasteiger partial charge in [0.1, 0.15) is 0 Å². The SMILES string of the molecule is O=S(=O)(Nc1nccs1)c1ccc(C(F)(F)F)cc1. The second kappa shape index (κ2) is 4.82. The summed E-state index contributed by atoms with van der Waals surface area (Å²) in [6.07, 6.45) is -3.08. The topological polar surface area (TPSA) is 59.1 Å². The maximum atomic E-state index is 12.3. The van der Waals surface area contributed by atoms with Gasteiger partial charge in [-0.15, -0.1) is 11.3 Å². The van der Waals surface area contributed by atoms with Gasteiger partial charge in [0, 0.05) is 11.6 Å². The molecule has 0 spiro atoms. The van der Waals surface area contributed by atoms with Gasteiger partial charge in [0.05, 0.1) is 10.5 Å². The van der Waals surface area contributed by atoms with Crippen LogP contribution in [0, 0.1) is 0 Å². The van der Waals surface area contributed by atoms with E-state index in [1.165, 1.54) is 6.20 Å². The first kappa shape index (κ1) is 13.8. The van der Waals surface area contributed by atoms with Crippen molar-refractivity contribution in [1.82, 2.24) is 4.98 Å². The van der Waals surface area contributed by atoms with Crippen molar-refractivity contribution in [1.29, 1.82) is 0 Å². The molecule has 0 aliphatic heterocycles. The molecule has 2 rings (SSSR count). The molecule has 1 heterocycles. The van der Waals surface area contributed by atoms with Gasteiger partial charge in [0.15, 0.2) is 5.13 Å². The summed E-state index contributed by atoms with van der Waals surface area (Å²) in [5.74, 6) is 0. The standard InChI is InChI=1S/C10H7F3N2O2S2/c11-10(12,13)7-1-3-8(4-2-7)19(16,17)15-9-14-5-6-18-9/h1-6H,(H,14,15). The molecular formula is C10H7F3N2O2S2. The molecule has 4 nitrogen and oxygen atoms in total. The lowest BCUT2D eigenvalue weighted by Crippen LogP contribution is -2.13. The first-order chi connectivity index (χ1) is 8.79. The van der Waals surface area contributed by atoms with Crippen LogP contribution in [0.1, 0.15) is 5.56 Å². The molecule has 0 radical (unpaired) electrons. The number of alkyl halides is 3. The molecule has 0 aliphatic rings. The first-order valence-corrected chi connectivity index (χ1v) is 7.25. The lowest BCUT2D eigenvalue weighted by molar-refractivity contribution is -0.137. The number of benzene rings is 1. The van der Waals surface area contributed by atoms with E-state index in [-0.39, 0.29) is 10.0 Å². The molecule has 9 heteroatoms. The van der Waals surface area contributed by atoms with E-state index >= 15 is 0 Å². The molecule has 1 N–H and O–H groups in total. The number of nitrogens with zero attached hydrogens (tertiary/aromatic N) is 1. The fourth-order valence-corrected chi connectivity index (χ4v) is 3.06. The highest BCUT2D eigenvalue weighted by molar-refractivity contribution is 7.93. The van der Waals surface area contributed by atoms with Crippen LogP contribution in [0.3, 0.4) is 0 Å². The summed E-state index contributed by atoms with van der Waals surface area (Å²) in [5, 5.41) is 1.73. The highest BCUT2D eigenvalue weighted by Gasteiger charge is 2.30.